The Morgan fingerprint density at radius 2 is 1.71 bits per heavy atom. The first kappa shape index (κ1) is 18.2. The molecule has 0 aliphatic carbocycles. The minimum absolute atomic E-state index is 0.154. The van der Waals surface area contributed by atoms with Crippen LogP contribution in [0.2, 0.25) is 0 Å². The van der Waals surface area contributed by atoms with Gasteiger partial charge in [0.1, 0.15) is 5.75 Å². The number of anilines is 1. The molecule has 1 N–H and O–H groups in total. The lowest BCUT2D eigenvalue weighted by atomic mass is 10.2. The quantitative estimate of drug-likeness (QED) is 0.411. The van der Waals surface area contributed by atoms with E-state index in [0.717, 1.165) is 3.57 Å². The molecule has 138 valence electrons. The summed E-state index contributed by atoms with van der Waals surface area (Å²) in [6.45, 7) is 0. The zero-order valence-corrected chi connectivity index (χ0v) is 16.8. The summed E-state index contributed by atoms with van der Waals surface area (Å²) in [6, 6.07) is 22.0. The fourth-order valence-corrected chi connectivity index (χ4v) is 3.10. The van der Waals surface area contributed by atoms with E-state index in [0.29, 0.717) is 28.7 Å². The molecule has 2 aromatic carbocycles. The molecular weight excluding hydrogens is 467 g/mol. The highest BCUT2D eigenvalue weighted by atomic mass is 127. The van der Waals surface area contributed by atoms with Crippen LogP contribution in [0.5, 0.6) is 11.6 Å². The van der Waals surface area contributed by atoms with Gasteiger partial charge in [-0.1, -0.05) is 6.07 Å². The van der Waals surface area contributed by atoms with Crippen LogP contribution in [0.4, 0.5) is 5.69 Å². The van der Waals surface area contributed by atoms with Crippen molar-refractivity contribution in [2.24, 2.45) is 0 Å². The minimum Gasteiger partial charge on any atom is -0.438 e. The number of carbonyl (C=O) groups excluding carboxylic acids is 1. The second-order valence-electron chi connectivity index (χ2n) is 5.91. The monoisotopic (exact) mass is 482 g/mol. The van der Waals surface area contributed by atoms with Gasteiger partial charge >= 0.3 is 0 Å². The SMILES string of the molecule is O=C(Nc1ccc(Oc2ccc(-n3cccc3)nn2)cc1)c1cccc(I)c1. The van der Waals surface area contributed by atoms with Crippen LogP contribution in [0.25, 0.3) is 5.82 Å². The highest BCUT2D eigenvalue weighted by Gasteiger charge is 2.07. The highest BCUT2D eigenvalue weighted by Crippen LogP contribution is 2.22. The van der Waals surface area contributed by atoms with E-state index in [1.807, 2.05) is 53.4 Å². The van der Waals surface area contributed by atoms with Crippen LogP contribution < -0.4 is 10.1 Å². The lowest BCUT2D eigenvalue weighted by molar-refractivity contribution is 0.102. The van der Waals surface area contributed by atoms with E-state index >= 15 is 0 Å². The maximum atomic E-state index is 12.3. The first-order chi connectivity index (χ1) is 13.7. The summed E-state index contributed by atoms with van der Waals surface area (Å²) in [4.78, 5) is 12.3. The fraction of sp³-hybridized carbons (Fsp3) is 0. The van der Waals surface area contributed by atoms with Crippen molar-refractivity contribution in [3.63, 3.8) is 0 Å². The second-order valence-corrected chi connectivity index (χ2v) is 7.16. The van der Waals surface area contributed by atoms with E-state index in [2.05, 4.69) is 38.1 Å². The molecule has 4 rings (SSSR count). The van der Waals surface area contributed by atoms with Gasteiger partial charge in [0.05, 0.1) is 0 Å². The van der Waals surface area contributed by atoms with Crippen molar-refractivity contribution >= 4 is 34.2 Å². The van der Waals surface area contributed by atoms with Gasteiger partial charge in [-0.2, -0.15) is 0 Å². The van der Waals surface area contributed by atoms with Gasteiger partial charge in [0, 0.05) is 33.3 Å². The van der Waals surface area contributed by atoms with Crippen molar-refractivity contribution in [1.29, 1.82) is 0 Å². The predicted molar refractivity (Wildman–Crippen MR) is 115 cm³/mol. The highest BCUT2D eigenvalue weighted by molar-refractivity contribution is 14.1. The average Bonchev–Trinajstić information content (AvgIpc) is 3.25. The Balaban J connectivity index is 1.40. The maximum absolute atomic E-state index is 12.3. The van der Waals surface area contributed by atoms with Crippen LogP contribution >= 0.6 is 22.6 Å². The van der Waals surface area contributed by atoms with Gasteiger partial charge in [-0.15, -0.1) is 10.2 Å². The predicted octanol–water partition coefficient (Wildman–Crippen LogP) is 4.92. The summed E-state index contributed by atoms with van der Waals surface area (Å²) in [7, 11) is 0. The Labute approximate surface area is 175 Å². The van der Waals surface area contributed by atoms with Gasteiger partial charge in [0.2, 0.25) is 5.88 Å². The van der Waals surface area contributed by atoms with Crippen molar-refractivity contribution in [2.75, 3.05) is 5.32 Å². The van der Waals surface area contributed by atoms with E-state index in [1.54, 1.807) is 36.4 Å². The van der Waals surface area contributed by atoms with Crippen LogP contribution in [0.1, 0.15) is 10.4 Å². The van der Waals surface area contributed by atoms with Crippen LogP contribution in [0, 0.1) is 3.57 Å². The molecule has 0 aliphatic heterocycles. The Morgan fingerprint density at radius 3 is 2.39 bits per heavy atom. The van der Waals surface area contributed by atoms with Crippen molar-refractivity contribution in [3.8, 4) is 17.4 Å². The third-order valence-electron chi connectivity index (χ3n) is 3.92. The number of hydrogen-bond acceptors (Lipinski definition) is 4. The van der Waals surface area contributed by atoms with Gasteiger partial charge in [-0.05, 0) is 83.3 Å². The number of nitrogens with one attached hydrogen (secondary N) is 1. The number of amides is 1. The normalized spacial score (nSPS) is 10.5. The van der Waals surface area contributed by atoms with Crippen LogP contribution in [-0.2, 0) is 0 Å². The molecule has 0 fully saturated rings. The lowest BCUT2D eigenvalue weighted by Gasteiger charge is -2.08. The Morgan fingerprint density at radius 1 is 0.929 bits per heavy atom. The van der Waals surface area contributed by atoms with Crippen LogP contribution in [-0.4, -0.2) is 20.7 Å². The summed E-state index contributed by atoms with van der Waals surface area (Å²) >= 11 is 2.18. The van der Waals surface area contributed by atoms with Crippen LogP contribution in [0.15, 0.2) is 85.2 Å². The van der Waals surface area contributed by atoms with E-state index in [-0.39, 0.29) is 5.91 Å². The number of aromatic nitrogens is 3. The maximum Gasteiger partial charge on any atom is 0.255 e. The molecule has 0 saturated carbocycles. The average molecular weight is 482 g/mol. The van der Waals surface area contributed by atoms with E-state index in [1.165, 1.54) is 0 Å². The van der Waals surface area contributed by atoms with Crippen molar-refractivity contribution in [1.82, 2.24) is 14.8 Å². The number of halogens is 1. The number of carbonyl (C=O) groups is 1. The Kier molecular flexibility index (Phi) is 5.34. The van der Waals surface area contributed by atoms with E-state index < -0.39 is 0 Å². The third-order valence-corrected chi connectivity index (χ3v) is 4.59. The number of rotatable bonds is 5. The Bertz CT molecular complexity index is 1080. The zero-order chi connectivity index (χ0) is 19.3. The van der Waals surface area contributed by atoms with Crippen molar-refractivity contribution in [3.05, 3.63) is 94.3 Å². The standard InChI is InChI=1S/C21H15IN4O2/c22-16-5-3-4-15(14-16)21(27)23-17-6-8-18(9-7-17)28-20-11-10-19(24-25-20)26-12-1-2-13-26/h1-14H,(H,23,27). The molecule has 6 nitrogen and oxygen atoms in total. The zero-order valence-electron chi connectivity index (χ0n) is 14.6. The van der Waals surface area contributed by atoms with E-state index in [9.17, 15) is 4.79 Å². The van der Waals surface area contributed by atoms with Gasteiger partial charge in [-0.25, -0.2) is 0 Å². The number of benzene rings is 2. The first-order valence-corrected chi connectivity index (χ1v) is 9.57. The number of ether oxygens (including phenoxy) is 1. The fourth-order valence-electron chi connectivity index (χ4n) is 2.55. The summed E-state index contributed by atoms with van der Waals surface area (Å²) in [5, 5.41) is 11.1. The second kappa shape index (κ2) is 8.22. The summed E-state index contributed by atoms with van der Waals surface area (Å²) in [5.74, 6) is 1.56. The lowest BCUT2D eigenvalue weighted by Crippen LogP contribution is -2.11. The van der Waals surface area contributed by atoms with Gasteiger partial charge in [0.15, 0.2) is 5.82 Å². The van der Waals surface area contributed by atoms with Gasteiger partial charge < -0.3 is 14.6 Å². The topological polar surface area (TPSA) is 69.0 Å². The Hall–Kier alpha value is -3.20. The molecule has 4 aromatic rings. The molecule has 0 saturated heterocycles. The summed E-state index contributed by atoms with van der Waals surface area (Å²) in [6.07, 6.45) is 3.79. The minimum atomic E-state index is -0.154. The number of hydrogen-bond donors (Lipinski definition) is 1. The molecule has 0 radical (unpaired) electrons. The molecule has 0 unspecified atom stereocenters. The molecule has 2 aromatic heterocycles. The molecule has 0 bridgehead atoms. The molecule has 0 atom stereocenters. The molecule has 2 heterocycles. The van der Waals surface area contributed by atoms with Crippen molar-refractivity contribution < 1.29 is 9.53 Å². The largest absolute Gasteiger partial charge is 0.438 e. The molecule has 0 aliphatic rings. The van der Waals surface area contributed by atoms with Crippen LogP contribution in [0.3, 0.4) is 0 Å². The smallest absolute Gasteiger partial charge is 0.255 e. The van der Waals surface area contributed by atoms with Gasteiger partial charge in [0.25, 0.3) is 5.91 Å². The van der Waals surface area contributed by atoms with E-state index in [4.69, 9.17) is 4.74 Å². The molecule has 1 amide bonds. The van der Waals surface area contributed by atoms with Gasteiger partial charge in [-0.3, -0.25) is 4.79 Å². The molecule has 7 heteroatoms. The molecular formula is C21H15IN4O2. The molecule has 0 spiro atoms. The third kappa shape index (κ3) is 4.37. The van der Waals surface area contributed by atoms with Crippen molar-refractivity contribution in [2.45, 2.75) is 0 Å². The first-order valence-electron chi connectivity index (χ1n) is 8.49. The summed E-state index contributed by atoms with van der Waals surface area (Å²) < 4.78 is 8.59. The number of nitrogens with zero attached hydrogens (tertiary/aromatic N) is 3. The molecule has 28 heavy (non-hydrogen) atoms. The summed E-state index contributed by atoms with van der Waals surface area (Å²) in [5.41, 5.74) is 1.30.